The van der Waals surface area contributed by atoms with Crippen LogP contribution in [0.5, 0.6) is 0 Å². The highest BCUT2D eigenvalue weighted by Crippen LogP contribution is 2.36. The number of nitrogens with zero attached hydrogens (tertiary/aromatic N) is 5. The fraction of sp³-hybridized carbons (Fsp3) is 0. The summed E-state index contributed by atoms with van der Waals surface area (Å²) in [7, 11) is 0. The minimum Gasteiger partial charge on any atom is -0.309 e. The highest BCUT2D eigenvalue weighted by atomic mass is 15.0. The Morgan fingerprint density at radius 1 is 0.375 bits per heavy atom. The Bertz CT molecular complexity index is 2890. The number of benzene rings is 8. The Morgan fingerprint density at radius 2 is 0.786 bits per heavy atom. The van der Waals surface area contributed by atoms with Crippen LogP contribution in [0.4, 0.5) is 5.69 Å². The second kappa shape index (κ2) is 14.0. The molecule has 56 heavy (non-hydrogen) atoms. The molecule has 10 rings (SSSR count). The molecule has 2 aromatic heterocycles. The van der Waals surface area contributed by atoms with Crippen molar-refractivity contribution in [2.75, 3.05) is 0 Å². The normalized spacial score (nSPS) is 12.2. The predicted molar refractivity (Wildman–Crippen MR) is 236 cm³/mol. The summed E-state index contributed by atoms with van der Waals surface area (Å²) in [6.07, 6.45) is 0. The summed E-state index contributed by atoms with van der Waals surface area (Å²) in [4.78, 5) is 15.0. The summed E-state index contributed by atoms with van der Waals surface area (Å²) in [6, 6.07) is 69.6. The van der Waals surface area contributed by atoms with Crippen LogP contribution in [0.2, 0.25) is 0 Å². The van der Waals surface area contributed by atoms with E-state index in [1.165, 1.54) is 21.5 Å². The van der Waals surface area contributed by atoms with Gasteiger partial charge in [0.2, 0.25) is 0 Å². The molecule has 5 heteroatoms. The topological polar surface area (TPSA) is 46.9 Å². The van der Waals surface area contributed by atoms with Crippen LogP contribution in [0.15, 0.2) is 215 Å². The molecule has 0 saturated heterocycles. The van der Waals surface area contributed by atoms with E-state index in [1.807, 2.05) is 36.4 Å². The van der Waals surface area contributed by atoms with E-state index in [4.69, 9.17) is 9.98 Å². The molecule has 0 radical (unpaired) electrons. The van der Waals surface area contributed by atoms with Crippen molar-refractivity contribution in [1.29, 1.82) is 0 Å². The number of fused-ring (bicyclic) bond motifs is 6. The summed E-state index contributed by atoms with van der Waals surface area (Å²) in [5.41, 5.74) is 11.2. The minimum absolute atomic E-state index is 0.469. The average Bonchev–Trinajstić information content (AvgIpc) is 3.79. The van der Waals surface area contributed by atoms with E-state index in [2.05, 4.69) is 185 Å². The number of aromatic nitrogens is 2. The van der Waals surface area contributed by atoms with E-state index in [1.54, 1.807) is 0 Å². The van der Waals surface area contributed by atoms with Crippen molar-refractivity contribution in [3.8, 4) is 22.5 Å². The quantitative estimate of drug-likeness (QED) is 0.121. The predicted octanol–water partition coefficient (Wildman–Crippen LogP) is 12.8. The summed E-state index contributed by atoms with van der Waals surface area (Å²) < 4.78 is 4.68. The highest BCUT2D eigenvalue weighted by molar-refractivity contribution is 6.15. The van der Waals surface area contributed by atoms with Gasteiger partial charge in [-0.3, -0.25) is 0 Å². The molecule has 0 aliphatic rings. The van der Waals surface area contributed by atoms with Crippen LogP contribution in [-0.4, -0.2) is 27.5 Å². The average molecular weight is 718 g/mol. The molecule has 0 unspecified atom stereocenters. The number of amidine groups is 2. The van der Waals surface area contributed by atoms with Crippen molar-refractivity contribution < 1.29 is 0 Å². The monoisotopic (exact) mass is 717 g/mol. The van der Waals surface area contributed by atoms with Crippen LogP contribution in [-0.2, 0) is 0 Å². The smallest absolute Gasteiger partial charge is 0.162 e. The Morgan fingerprint density at radius 3 is 1.25 bits per heavy atom. The number of aliphatic imine (C=N–C) groups is 3. The summed E-state index contributed by atoms with van der Waals surface area (Å²) in [6.45, 7) is 4.08. The minimum atomic E-state index is 0.469. The Kier molecular flexibility index (Phi) is 8.23. The molecule has 264 valence electrons. The van der Waals surface area contributed by atoms with Gasteiger partial charge < -0.3 is 9.13 Å². The van der Waals surface area contributed by atoms with Crippen LogP contribution in [0.25, 0.3) is 66.1 Å². The van der Waals surface area contributed by atoms with Crippen molar-refractivity contribution in [2.45, 2.75) is 0 Å². The SMILES string of the molecule is C=N/C(=N\C(=N/c1ccccc1)c1ccc(-c2ccccc2)cc1)c1cc(-n2c3ccccc3c3ccccc32)cc(-n2c3ccccc3c3ccccc32)c1. The summed E-state index contributed by atoms with van der Waals surface area (Å²) >= 11 is 0. The highest BCUT2D eigenvalue weighted by Gasteiger charge is 2.18. The van der Waals surface area contributed by atoms with Gasteiger partial charge in [-0.1, -0.05) is 146 Å². The van der Waals surface area contributed by atoms with Gasteiger partial charge in [-0.15, -0.1) is 0 Å². The second-order valence-corrected chi connectivity index (χ2v) is 13.8. The molecular formula is C51H35N5. The van der Waals surface area contributed by atoms with Crippen LogP contribution < -0.4 is 0 Å². The first-order chi connectivity index (χ1) is 27.7. The number of para-hydroxylation sites is 5. The Balaban J connectivity index is 1.22. The zero-order valence-corrected chi connectivity index (χ0v) is 30.5. The van der Waals surface area contributed by atoms with Gasteiger partial charge in [-0.2, -0.15) is 0 Å². The van der Waals surface area contributed by atoms with E-state index in [0.29, 0.717) is 11.7 Å². The van der Waals surface area contributed by atoms with Crippen LogP contribution >= 0.6 is 0 Å². The van der Waals surface area contributed by atoms with Gasteiger partial charge in [0.05, 0.1) is 27.8 Å². The van der Waals surface area contributed by atoms with Gasteiger partial charge in [-0.25, -0.2) is 15.0 Å². The van der Waals surface area contributed by atoms with Gasteiger partial charge in [0.25, 0.3) is 0 Å². The fourth-order valence-electron chi connectivity index (χ4n) is 7.90. The first kappa shape index (κ1) is 33.0. The van der Waals surface area contributed by atoms with Gasteiger partial charge in [-0.05, 0) is 72.4 Å². The van der Waals surface area contributed by atoms with Crippen molar-refractivity contribution >= 4 is 67.7 Å². The third-order valence-electron chi connectivity index (χ3n) is 10.4. The zero-order valence-electron chi connectivity index (χ0n) is 30.5. The molecule has 0 atom stereocenters. The molecule has 0 saturated carbocycles. The molecule has 10 aromatic rings. The first-order valence-electron chi connectivity index (χ1n) is 18.7. The number of hydrogen-bond acceptors (Lipinski definition) is 1. The fourth-order valence-corrected chi connectivity index (χ4v) is 7.90. The molecule has 8 aromatic carbocycles. The molecule has 0 aliphatic heterocycles. The number of hydrogen-bond donors (Lipinski definition) is 0. The lowest BCUT2D eigenvalue weighted by molar-refractivity contribution is 1.13. The van der Waals surface area contributed by atoms with Crippen LogP contribution in [0.1, 0.15) is 11.1 Å². The van der Waals surface area contributed by atoms with E-state index in [9.17, 15) is 0 Å². The van der Waals surface area contributed by atoms with E-state index < -0.39 is 0 Å². The third kappa shape index (κ3) is 5.79. The Labute approximate surface area is 324 Å². The van der Waals surface area contributed by atoms with E-state index in [-0.39, 0.29) is 0 Å². The maximum atomic E-state index is 5.25. The molecular weight excluding hydrogens is 683 g/mol. The third-order valence-corrected chi connectivity index (χ3v) is 10.4. The lowest BCUT2D eigenvalue weighted by Gasteiger charge is -2.16. The largest absolute Gasteiger partial charge is 0.309 e. The molecule has 0 spiro atoms. The molecule has 5 nitrogen and oxygen atoms in total. The maximum Gasteiger partial charge on any atom is 0.162 e. The standard InChI is InChI=1S/C51H35N5/c1-52-50(54-51(53-39-18-6-3-7-19-39)37-30-28-36(29-31-37)35-16-4-2-5-17-35)38-32-40(55-46-24-12-8-20-42(46)43-21-9-13-25-47(43)55)34-41(33-38)56-48-26-14-10-22-44(48)45-23-11-15-27-49(45)56/h2-34H,1H2/b53-51-,54-50-. The molecule has 0 fully saturated rings. The van der Waals surface area contributed by atoms with E-state index >= 15 is 0 Å². The lowest BCUT2D eigenvalue weighted by atomic mass is 10.0. The second-order valence-electron chi connectivity index (χ2n) is 13.8. The van der Waals surface area contributed by atoms with Crippen molar-refractivity contribution in [1.82, 2.24) is 9.13 Å². The molecule has 2 heterocycles. The van der Waals surface area contributed by atoms with Crippen molar-refractivity contribution in [3.05, 3.63) is 211 Å². The molecule has 0 aliphatic carbocycles. The maximum absolute atomic E-state index is 5.25. The first-order valence-corrected chi connectivity index (χ1v) is 18.7. The van der Waals surface area contributed by atoms with Gasteiger partial charge in [0.1, 0.15) is 0 Å². The van der Waals surface area contributed by atoms with Gasteiger partial charge in [0, 0.05) is 44.0 Å². The number of rotatable bonds is 6. The molecule has 0 N–H and O–H groups in total. The lowest BCUT2D eigenvalue weighted by Crippen LogP contribution is -2.08. The van der Waals surface area contributed by atoms with Gasteiger partial charge >= 0.3 is 0 Å². The summed E-state index contributed by atoms with van der Waals surface area (Å²) in [5, 5.41) is 4.77. The Hall–Kier alpha value is -7.63. The zero-order chi connectivity index (χ0) is 37.4. The van der Waals surface area contributed by atoms with Gasteiger partial charge in [0.15, 0.2) is 11.7 Å². The van der Waals surface area contributed by atoms with E-state index in [0.717, 1.165) is 61.4 Å². The van der Waals surface area contributed by atoms with Crippen molar-refractivity contribution in [3.63, 3.8) is 0 Å². The molecule has 0 bridgehead atoms. The summed E-state index contributed by atoms with van der Waals surface area (Å²) in [5.74, 6) is 1.01. The van der Waals surface area contributed by atoms with Crippen LogP contribution in [0, 0.1) is 0 Å². The van der Waals surface area contributed by atoms with Crippen molar-refractivity contribution in [2.24, 2.45) is 15.0 Å². The van der Waals surface area contributed by atoms with Crippen LogP contribution in [0.3, 0.4) is 0 Å². The molecule has 0 amide bonds.